The van der Waals surface area contributed by atoms with Crippen LogP contribution in [0.1, 0.15) is 26.5 Å². The molecule has 1 fully saturated rings. The van der Waals surface area contributed by atoms with Crippen molar-refractivity contribution in [1.29, 1.82) is 0 Å². The molecule has 1 aliphatic heterocycles. The van der Waals surface area contributed by atoms with E-state index in [2.05, 4.69) is 25.3 Å². The van der Waals surface area contributed by atoms with Crippen LogP contribution in [0.5, 0.6) is 0 Å². The van der Waals surface area contributed by atoms with E-state index in [1.807, 2.05) is 13.0 Å². The molecule has 1 saturated heterocycles. The predicted molar refractivity (Wildman–Crippen MR) is 98.3 cm³/mol. The van der Waals surface area contributed by atoms with Crippen molar-refractivity contribution in [2.24, 2.45) is 4.99 Å². The average Bonchev–Trinajstić information content (AvgIpc) is 3.04. The van der Waals surface area contributed by atoms with E-state index in [4.69, 9.17) is 4.52 Å². The van der Waals surface area contributed by atoms with Gasteiger partial charge in [-0.15, -0.1) is 0 Å². The van der Waals surface area contributed by atoms with Crippen molar-refractivity contribution < 1.29 is 12.9 Å². The van der Waals surface area contributed by atoms with E-state index >= 15 is 0 Å². The Morgan fingerprint density at radius 3 is 2.56 bits per heavy atom. The van der Waals surface area contributed by atoms with Gasteiger partial charge in [-0.2, -0.15) is 0 Å². The lowest BCUT2D eigenvalue weighted by molar-refractivity contribution is 0.169. The number of aromatic nitrogens is 1. The van der Waals surface area contributed by atoms with Crippen LogP contribution in [0.25, 0.3) is 0 Å². The SMILES string of the molecule is CCNC(=NCC(C)(C)S(C)(=O)=O)N1CCN(Cc2ccon2)CC1. The molecule has 0 unspecified atom stereocenters. The molecular formula is C16H29N5O3S. The maximum absolute atomic E-state index is 11.9. The minimum absolute atomic E-state index is 0.243. The second kappa shape index (κ2) is 8.18. The number of guanidine groups is 1. The fourth-order valence-electron chi connectivity index (χ4n) is 2.47. The van der Waals surface area contributed by atoms with Crippen LogP contribution in [0.2, 0.25) is 0 Å². The number of piperazine rings is 1. The Morgan fingerprint density at radius 1 is 1.36 bits per heavy atom. The third kappa shape index (κ3) is 5.43. The van der Waals surface area contributed by atoms with Gasteiger partial charge in [0.2, 0.25) is 0 Å². The molecule has 0 amide bonds. The van der Waals surface area contributed by atoms with E-state index in [-0.39, 0.29) is 6.54 Å². The number of nitrogens with zero attached hydrogens (tertiary/aromatic N) is 4. The highest BCUT2D eigenvalue weighted by Gasteiger charge is 2.30. The Balaban J connectivity index is 1.95. The van der Waals surface area contributed by atoms with Crippen molar-refractivity contribution in [2.75, 3.05) is 45.5 Å². The molecule has 0 atom stereocenters. The molecule has 0 aliphatic carbocycles. The van der Waals surface area contributed by atoms with E-state index in [9.17, 15) is 8.42 Å². The average molecular weight is 372 g/mol. The Morgan fingerprint density at radius 2 is 2.04 bits per heavy atom. The first kappa shape index (κ1) is 19.7. The van der Waals surface area contributed by atoms with Crippen molar-refractivity contribution in [2.45, 2.75) is 32.1 Å². The monoisotopic (exact) mass is 371 g/mol. The molecule has 1 aromatic rings. The molecule has 1 N–H and O–H groups in total. The van der Waals surface area contributed by atoms with Gasteiger partial charge in [-0.3, -0.25) is 9.89 Å². The molecule has 8 nitrogen and oxygen atoms in total. The maximum atomic E-state index is 11.9. The minimum Gasteiger partial charge on any atom is -0.364 e. The summed E-state index contributed by atoms with van der Waals surface area (Å²) in [6.45, 7) is 10.7. The topological polar surface area (TPSA) is 91.0 Å². The summed E-state index contributed by atoms with van der Waals surface area (Å²) in [7, 11) is -3.16. The minimum atomic E-state index is -3.16. The summed E-state index contributed by atoms with van der Waals surface area (Å²) in [5, 5.41) is 7.22. The van der Waals surface area contributed by atoms with E-state index in [1.54, 1.807) is 20.1 Å². The van der Waals surface area contributed by atoms with E-state index in [0.29, 0.717) is 0 Å². The van der Waals surface area contributed by atoms with Gasteiger partial charge in [0.05, 0.1) is 17.0 Å². The molecule has 0 spiro atoms. The summed E-state index contributed by atoms with van der Waals surface area (Å²) in [5.74, 6) is 0.778. The Bertz CT molecular complexity index is 662. The number of hydrogen-bond donors (Lipinski definition) is 1. The van der Waals surface area contributed by atoms with Crippen molar-refractivity contribution >= 4 is 15.8 Å². The molecule has 25 heavy (non-hydrogen) atoms. The summed E-state index contributed by atoms with van der Waals surface area (Å²) >= 11 is 0. The molecule has 0 saturated carbocycles. The predicted octanol–water partition coefficient (Wildman–Crippen LogP) is 0.581. The second-order valence-corrected chi connectivity index (χ2v) is 9.61. The zero-order valence-electron chi connectivity index (χ0n) is 15.5. The zero-order chi connectivity index (χ0) is 18.5. The van der Waals surface area contributed by atoms with Gasteiger partial charge < -0.3 is 14.7 Å². The highest BCUT2D eigenvalue weighted by atomic mass is 32.2. The zero-order valence-corrected chi connectivity index (χ0v) is 16.3. The van der Waals surface area contributed by atoms with Gasteiger partial charge in [0.1, 0.15) is 6.26 Å². The molecule has 9 heteroatoms. The van der Waals surface area contributed by atoms with Gasteiger partial charge >= 0.3 is 0 Å². The van der Waals surface area contributed by atoms with E-state index < -0.39 is 14.6 Å². The molecule has 142 valence electrons. The molecule has 1 aliphatic rings. The maximum Gasteiger partial charge on any atom is 0.194 e. The Labute approximate surface area is 150 Å². The van der Waals surface area contributed by atoms with E-state index in [1.165, 1.54) is 6.26 Å². The first-order valence-corrected chi connectivity index (χ1v) is 10.5. The Hall–Kier alpha value is -1.61. The summed E-state index contributed by atoms with van der Waals surface area (Å²) in [4.78, 5) is 9.08. The fourth-order valence-corrected chi connectivity index (χ4v) is 2.77. The highest BCUT2D eigenvalue weighted by molar-refractivity contribution is 7.92. The van der Waals surface area contributed by atoms with Crippen molar-refractivity contribution in [3.8, 4) is 0 Å². The van der Waals surface area contributed by atoms with Crippen LogP contribution >= 0.6 is 0 Å². The summed E-state index contributed by atoms with van der Waals surface area (Å²) in [6.07, 6.45) is 2.85. The summed E-state index contributed by atoms with van der Waals surface area (Å²) in [5.41, 5.74) is 0.934. The quantitative estimate of drug-likeness (QED) is 0.578. The van der Waals surface area contributed by atoms with Crippen LogP contribution < -0.4 is 5.32 Å². The molecule has 0 aromatic carbocycles. The van der Waals surface area contributed by atoms with Crippen molar-refractivity contribution in [1.82, 2.24) is 20.3 Å². The van der Waals surface area contributed by atoms with Gasteiger partial charge in [0.15, 0.2) is 15.8 Å². The van der Waals surface area contributed by atoms with Crippen LogP contribution in [0.4, 0.5) is 0 Å². The number of nitrogens with one attached hydrogen (secondary N) is 1. The summed E-state index contributed by atoms with van der Waals surface area (Å²) in [6, 6.07) is 1.88. The number of rotatable bonds is 6. The standard InChI is InChI=1S/C16H29N5O3S/c1-5-17-15(18-13-16(2,3)25(4,22)23)21-9-7-20(8-10-21)12-14-6-11-24-19-14/h6,11H,5,7-10,12-13H2,1-4H3,(H,17,18). The molecule has 1 aromatic heterocycles. The molecular weight excluding hydrogens is 342 g/mol. The van der Waals surface area contributed by atoms with Gasteiger partial charge in [0.25, 0.3) is 0 Å². The molecule has 0 radical (unpaired) electrons. The van der Waals surface area contributed by atoms with Crippen LogP contribution in [-0.2, 0) is 16.4 Å². The van der Waals surface area contributed by atoms with Gasteiger partial charge in [-0.1, -0.05) is 5.16 Å². The third-order valence-electron chi connectivity index (χ3n) is 4.50. The first-order valence-electron chi connectivity index (χ1n) is 8.57. The molecule has 2 heterocycles. The lowest BCUT2D eigenvalue weighted by Crippen LogP contribution is -2.52. The number of hydrogen-bond acceptors (Lipinski definition) is 6. The molecule has 0 bridgehead atoms. The second-order valence-electron chi connectivity index (χ2n) is 6.96. The smallest absolute Gasteiger partial charge is 0.194 e. The van der Waals surface area contributed by atoms with Gasteiger partial charge in [-0.05, 0) is 20.8 Å². The molecule has 2 rings (SSSR count). The fraction of sp³-hybridized carbons (Fsp3) is 0.750. The van der Waals surface area contributed by atoms with Crippen LogP contribution in [-0.4, -0.2) is 79.6 Å². The first-order chi connectivity index (χ1) is 11.7. The van der Waals surface area contributed by atoms with Gasteiger partial charge in [-0.25, -0.2) is 8.42 Å². The lowest BCUT2D eigenvalue weighted by Gasteiger charge is -2.36. The van der Waals surface area contributed by atoms with E-state index in [0.717, 1.165) is 50.9 Å². The third-order valence-corrected chi connectivity index (χ3v) is 6.63. The van der Waals surface area contributed by atoms with Crippen molar-refractivity contribution in [3.63, 3.8) is 0 Å². The van der Waals surface area contributed by atoms with Crippen LogP contribution in [0.15, 0.2) is 21.8 Å². The van der Waals surface area contributed by atoms with Crippen molar-refractivity contribution in [3.05, 3.63) is 18.0 Å². The summed E-state index contributed by atoms with van der Waals surface area (Å²) < 4.78 is 27.7. The Kier molecular flexibility index (Phi) is 6.45. The largest absolute Gasteiger partial charge is 0.364 e. The lowest BCUT2D eigenvalue weighted by atomic mass is 10.2. The highest BCUT2D eigenvalue weighted by Crippen LogP contribution is 2.16. The number of aliphatic imine (C=N–C) groups is 1. The van der Waals surface area contributed by atoms with Crippen LogP contribution in [0, 0.1) is 0 Å². The number of sulfone groups is 1. The van der Waals surface area contributed by atoms with Crippen LogP contribution in [0.3, 0.4) is 0 Å². The normalized spacial score (nSPS) is 17.8. The van der Waals surface area contributed by atoms with Gasteiger partial charge in [0, 0.05) is 51.6 Å².